The van der Waals surface area contributed by atoms with E-state index in [-0.39, 0.29) is 5.25 Å². The highest BCUT2D eigenvalue weighted by molar-refractivity contribution is 7.90. The van der Waals surface area contributed by atoms with Crippen LogP contribution < -0.4 is 5.73 Å². The van der Waals surface area contributed by atoms with Gasteiger partial charge in [0, 0.05) is 29.2 Å². The predicted molar refractivity (Wildman–Crippen MR) is 83.7 cm³/mol. The maximum atomic E-state index is 12.2. The molecule has 7 nitrogen and oxygen atoms in total. The summed E-state index contributed by atoms with van der Waals surface area (Å²) in [6, 6.07) is 3.74. The Morgan fingerprint density at radius 3 is 2.73 bits per heavy atom. The van der Waals surface area contributed by atoms with Crippen molar-refractivity contribution in [3.05, 3.63) is 30.7 Å². The Labute approximate surface area is 127 Å². The van der Waals surface area contributed by atoms with Crippen molar-refractivity contribution in [2.75, 3.05) is 5.73 Å². The molecule has 1 aromatic carbocycles. The lowest BCUT2D eigenvalue weighted by atomic mass is 10.1. The molecule has 2 heterocycles. The molecule has 4 rings (SSSR count). The first kappa shape index (κ1) is 13.3. The Kier molecular flexibility index (Phi) is 2.62. The van der Waals surface area contributed by atoms with Gasteiger partial charge in [0.25, 0.3) is 10.0 Å². The van der Waals surface area contributed by atoms with Crippen LogP contribution in [-0.2, 0) is 17.1 Å². The van der Waals surface area contributed by atoms with Crippen LogP contribution in [0.2, 0.25) is 0 Å². The number of aryl methyl sites for hydroxylation is 1. The molecule has 1 saturated carbocycles. The number of aromatic nitrogens is 4. The Balaban J connectivity index is 1.83. The molecule has 1 aliphatic carbocycles. The van der Waals surface area contributed by atoms with Gasteiger partial charge in [-0.15, -0.1) is 0 Å². The van der Waals surface area contributed by atoms with Gasteiger partial charge < -0.3 is 5.73 Å². The fraction of sp³-hybridized carbons (Fsp3) is 0.286. The molecule has 0 saturated heterocycles. The molecule has 0 bridgehead atoms. The van der Waals surface area contributed by atoms with Gasteiger partial charge in [-0.1, -0.05) is 0 Å². The number of nitrogens with zero attached hydrogens (tertiary/aromatic N) is 4. The van der Waals surface area contributed by atoms with Gasteiger partial charge in [0.15, 0.2) is 0 Å². The highest BCUT2D eigenvalue weighted by Crippen LogP contribution is 2.33. The lowest BCUT2D eigenvalue weighted by Gasteiger charge is -2.05. The van der Waals surface area contributed by atoms with Crippen molar-refractivity contribution in [3.63, 3.8) is 0 Å². The van der Waals surface area contributed by atoms with Gasteiger partial charge in [-0.3, -0.25) is 4.68 Å². The molecular formula is C14H15N5O2S. The Morgan fingerprint density at radius 2 is 2.00 bits per heavy atom. The van der Waals surface area contributed by atoms with Crippen LogP contribution in [0.5, 0.6) is 0 Å². The first-order valence-electron chi connectivity index (χ1n) is 6.97. The number of hydrogen-bond acceptors (Lipinski definition) is 5. The van der Waals surface area contributed by atoms with Crippen molar-refractivity contribution in [1.82, 2.24) is 19.0 Å². The van der Waals surface area contributed by atoms with Crippen molar-refractivity contribution in [1.29, 1.82) is 0 Å². The van der Waals surface area contributed by atoms with Crippen LogP contribution in [0.1, 0.15) is 12.8 Å². The van der Waals surface area contributed by atoms with Crippen molar-refractivity contribution < 1.29 is 8.42 Å². The zero-order valence-electron chi connectivity index (χ0n) is 12.0. The maximum Gasteiger partial charge on any atom is 0.256 e. The summed E-state index contributed by atoms with van der Waals surface area (Å²) < 4.78 is 27.2. The summed E-state index contributed by atoms with van der Waals surface area (Å²) in [5.41, 5.74) is 9.04. The average Bonchev–Trinajstić information content (AvgIpc) is 3.13. The molecule has 2 N–H and O–H groups in total. The normalized spacial score (nSPS) is 15.5. The van der Waals surface area contributed by atoms with E-state index < -0.39 is 10.0 Å². The van der Waals surface area contributed by atoms with Crippen LogP contribution in [0.25, 0.3) is 22.0 Å². The number of benzene rings is 1. The van der Waals surface area contributed by atoms with E-state index in [1.54, 1.807) is 10.9 Å². The summed E-state index contributed by atoms with van der Waals surface area (Å²) in [7, 11) is -1.51. The molecule has 0 amide bonds. The van der Waals surface area contributed by atoms with E-state index in [1.165, 1.54) is 12.4 Å². The minimum atomic E-state index is -3.36. The number of rotatable bonds is 3. The quantitative estimate of drug-likeness (QED) is 0.736. The van der Waals surface area contributed by atoms with Gasteiger partial charge >= 0.3 is 0 Å². The third kappa shape index (κ3) is 1.91. The summed E-state index contributed by atoms with van der Waals surface area (Å²) in [6.45, 7) is 0. The second kappa shape index (κ2) is 4.33. The fourth-order valence-corrected chi connectivity index (χ4v) is 4.05. The van der Waals surface area contributed by atoms with E-state index in [4.69, 9.17) is 5.73 Å². The van der Waals surface area contributed by atoms with Gasteiger partial charge in [-0.2, -0.15) is 14.3 Å². The number of fused-ring (bicyclic) bond motifs is 1. The number of nitrogen functional groups attached to an aromatic ring is 1. The third-order valence-corrected chi connectivity index (χ3v) is 6.03. The smallest absolute Gasteiger partial charge is 0.256 e. The van der Waals surface area contributed by atoms with Gasteiger partial charge in [-0.05, 0) is 25.0 Å². The van der Waals surface area contributed by atoms with Crippen molar-refractivity contribution >= 4 is 26.6 Å². The summed E-state index contributed by atoms with van der Waals surface area (Å²) in [5.74, 6) is 0. The maximum absolute atomic E-state index is 12.2. The van der Waals surface area contributed by atoms with Crippen molar-refractivity contribution in [2.24, 2.45) is 7.05 Å². The molecule has 1 fully saturated rings. The second-order valence-electron chi connectivity index (χ2n) is 5.61. The number of hydrogen-bond donors (Lipinski definition) is 1. The van der Waals surface area contributed by atoms with E-state index in [0.29, 0.717) is 24.1 Å². The SMILES string of the molecule is Cn1ncc2cc(N)c(-c3cnn(S(=O)(=O)C4CC4)c3)cc21. The van der Waals surface area contributed by atoms with Crippen LogP contribution in [0.15, 0.2) is 30.7 Å². The van der Waals surface area contributed by atoms with Crippen LogP contribution in [0.4, 0.5) is 5.69 Å². The Morgan fingerprint density at radius 1 is 1.23 bits per heavy atom. The molecular weight excluding hydrogens is 302 g/mol. The van der Waals surface area contributed by atoms with Crippen LogP contribution in [-0.4, -0.2) is 32.6 Å². The van der Waals surface area contributed by atoms with E-state index in [2.05, 4.69) is 10.2 Å². The summed E-state index contributed by atoms with van der Waals surface area (Å²) >= 11 is 0. The van der Waals surface area contributed by atoms with Crippen molar-refractivity contribution in [3.8, 4) is 11.1 Å². The summed E-state index contributed by atoms with van der Waals surface area (Å²) in [6.07, 6.45) is 6.23. The van der Waals surface area contributed by atoms with Crippen LogP contribution >= 0.6 is 0 Å². The van der Waals surface area contributed by atoms with Gasteiger partial charge in [0.05, 0.1) is 29.4 Å². The molecule has 3 aromatic rings. The monoisotopic (exact) mass is 317 g/mol. The standard InChI is InChI=1S/C14H15N5O2S/c1-18-14-5-12(13(15)4-9(14)6-16-18)10-7-17-19(8-10)22(20,21)11-2-3-11/h4-8,11H,2-3,15H2,1H3. The van der Waals surface area contributed by atoms with E-state index in [9.17, 15) is 8.42 Å². The molecule has 0 radical (unpaired) electrons. The molecule has 22 heavy (non-hydrogen) atoms. The van der Waals surface area contributed by atoms with Gasteiger partial charge in [-0.25, -0.2) is 8.42 Å². The van der Waals surface area contributed by atoms with E-state index >= 15 is 0 Å². The summed E-state index contributed by atoms with van der Waals surface area (Å²) in [4.78, 5) is 0. The number of nitrogens with two attached hydrogens (primary N) is 1. The lowest BCUT2D eigenvalue weighted by Crippen LogP contribution is -2.17. The van der Waals surface area contributed by atoms with E-state index in [0.717, 1.165) is 20.6 Å². The molecule has 1 aliphatic rings. The predicted octanol–water partition coefficient (Wildman–Crippen LogP) is 1.36. The largest absolute Gasteiger partial charge is 0.398 e. The fourth-order valence-electron chi connectivity index (χ4n) is 2.57. The average molecular weight is 317 g/mol. The van der Waals surface area contributed by atoms with Gasteiger partial charge in [0.2, 0.25) is 0 Å². The lowest BCUT2D eigenvalue weighted by molar-refractivity contribution is 0.578. The Bertz CT molecular complexity index is 982. The molecule has 2 aromatic heterocycles. The second-order valence-corrected chi connectivity index (χ2v) is 7.68. The van der Waals surface area contributed by atoms with E-state index in [1.807, 2.05) is 19.2 Å². The summed E-state index contributed by atoms with van der Waals surface area (Å²) in [5, 5.41) is 8.85. The van der Waals surface area contributed by atoms with Crippen LogP contribution in [0.3, 0.4) is 0 Å². The Hall–Kier alpha value is -2.35. The first-order chi connectivity index (χ1) is 10.5. The first-order valence-corrected chi connectivity index (χ1v) is 8.48. The minimum Gasteiger partial charge on any atom is -0.398 e. The molecule has 0 atom stereocenters. The highest BCUT2D eigenvalue weighted by Gasteiger charge is 2.37. The van der Waals surface area contributed by atoms with Crippen molar-refractivity contribution in [2.45, 2.75) is 18.1 Å². The zero-order chi connectivity index (χ0) is 15.5. The van der Waals surface area contributed by atoms with Crippen LogP contribution in [0, 0.1) is 0 Å². The minimum absolute atomic E-state index is 0.294. The molecule has 0 spiro atoms. The number of anilines is 1. The molecule has 0 aliphatic heterocycles. The molecule has 8 heteroatoms. The molecule has 114 valence electrons. The third-order valence-electron chi connectivity index (χ3n) is 3.99. The molecule has 0 unspecified atom stereocenters. The highest BCUT2D eigenvalue weighted by atomic mass is 32.2. The van der Waals surface area contributed by atoms with Gasteiger partial charge in [0.1, 0.15) is 0 Å². The topological polar surface area (TPSA) is 95.8 Å². The zero-order valence-corrected chi connectivity index (χ0v) is 12.8.